The summed E-state index contributed by atoms with van der Waals surface area (Å²) in [5, 5.41) is 19.3. The molecule has 9 heteroatoms. The summed E-state index contributed by atoms with van der Waals surface area (Å²) in [4.78, 5) is 20.5. The van der Waals surface area contributed by atoms with Crippen molar-refractivity contribution in [3.05, 3.63) is 38.9 Å². The van der Waals surface area contributed by atoms with E-state index in [1.807, 2.05) is 0 Å². The van der Waals surface area contributed by atoms with Gasteiger partial charge in [-0.1, -0.05) is 0 Å². The third kappa shape index (κ3) is 2.79. The van der Waals surface area contributed by atoms with Crippen molar-refractivity contribution in [1.29, 1.82) is 5.26 Å². The van der Waals surface area contributed by atoms with E-state index >= 15 is 0 Å². The highest BCUT2D eigenvalue weighted by Crippen LogP contribution is 2.37. The van der Waals surface area contributed by atoms with E-state index in [1.54, 1.807) is 0 Å². The molecular formula is C10H5F3N2O4. The molecule has 0 bridgehead atoms. The summed E-state index contributed by atoms with van der Waals surface area (Å²) >= 11 is 0. The van der Waals surface area contributed by atoms with Crippen molar-refractivity contribution in [2.45, 2.75) is 6.18 Å². The van der Waals surface area contributed by atoms with Crippen LogP contribution in [0.1, 0.15) is 21.5 Å². The Morgan fingerprint density at radius 1 is 1.47 bits per heavy atom. The van der Waals surface area contributed by atoms with Crippen LogP contribution in [0, 0.1) is 21.4 Å². The third-order valence-electron chi connectivity index (χ3n) is 2.16. The molecule has 0 saturated carbocycles. The van der Waals surface area contributed by atoms with Gasteiger partial charge < -0.3 is 4.74 Å². The van der Waals surface area contributed by atoms with Crippen molar-refractivity contribution >= 4 is 11.7 Å². The average molecular weight is 274 g/mol. The number of benzene rings is 1. The SMILES string of the molecule is COC(=O)c1cc(C(F)(F)F)c([N+](=O)[O-])cc1C#N. The molecule has 0 atom stereocenters. The van der Waals surface area contributed by atoms with Crippen molar-refractivity contribution in [1.82, 2.24) is 0 Å². The molecular weight excluding hydrogens is 269 g/mol. The molecule has 0 amide bonds. The van der Waals surface area contributed by atoms with Crippen molar-refractivity contribution in [2.24, 2.45) is 0 Å². The summed E-state index contributed by atoms with van der Waals surface area (Å²) in [6.45, 7) is 0. The molecule has 0 aliphatic carbocycles. The zero-order valence-electron chi connectivity index (χ0n) is 9.32. The fourth-order valence-electron chi connectivity index (χ4n) is 1.34. The quantitative estimate of drug-likeness (QED) is 0.468. The van der Waals surface area contributed by atoms with Gasteiger partial charge in [-0.05, 0) is 6.07 Å². The lowest BCUT2D eigenvalue weighted by Crippen LogP contribution is -2.13. The molecule has 1 aromatic rings. The monoisotopic (exact) mass is 274 g/mol. The normalized spacial score (nSPS) is 10.7. The fraction of sp³-hybridized carbons (Fsp3) is 0.200. The second kappa shape index (κ2) is 4.93. The molecule has 0 heterocycles. The number of nitrogens with zero attached hydrogens (tertiary/aromatic N) is 2. The summed E-state index contributed by atoms with van der Waals surface area (Å²) in [5.74, 6) is -1.18. The Hall–Kier alpha value is -2.63. The van der Waals surface area contributed by atoms with Gasteiger partial charge in [-0.2, -0.15) is 18.4 Å². The zero-order chi connectivity index (χ0) is 14.8. The number of carbonyl (C=O) groups is 1. The third-order valence-corrected chi connectivity index (χ3v) is 2.16. The number of ether oxygens (including phenoxy) is 1. The van der Waals surface area contributed by atoms with E-state index < -0.39 is 39.4 Å². The Labute approximate surface area is 104 Å². The van der Waals surface area contributed by atoms with Crippen LogP contribution in [0.15, 0.2) is 12.1 Å². The lowest BCUT2D eigenvalue weighted by molar-refractivity contribution is -0.388. The molecule has 0 aliphatic rings. The molecule has 0 unspecified atom stereocenters. The minimum Gasteiger partial charge on any atom is -0.465 e. The van der Waals surface area contributed by atoms with Gasteiger partial charge in [0.15, 0.2) is 0 Å². The maximum atomic E-state index is 12.7. The minimum absolute atomic E-state index is 0.239. The van der Waals surface area contributed by atoms with Crippen molar-refractivity contribution < 1.29 is 27.6 Å². The van der Waals surface area contributed by atoms with E-state index in [-0.39, 0.29) is 6.07 Å². The van der Waals surface area contributed by atoms with E-state index in [9.17, 15) is 28.1 Å². The highest BCUT2D eigenvalue weighted by molar-refractivity contribution is 5.93. The lowest BCUT2D eigenvalue weighted by atomic mass is 10.0. The molecule has 1 aromatic carbocycles. The molecule has 0 aromatic heterocycles. The van der Waals surface area contributed by atoms with Crippen LogP contribution in [0.5, 0.6) is 0 Å². The van der Waals surface area contributed by atoms with Gasteiger partial charge in [0.2, 0.25) is 0 Å². The van der Waals surface area contributed by atoms with E-state index in [0.717, 1.165) is 7.11 Å². The first-order valence-corrected chi connectivity index (χ1v) is 4.60. The number of methoxy groups -OCH3 is 1. The zero-order valence-corrected chi connectivity index (χ0v) is 9.32. The Balaban J connectivity index is 3.68. The van der Waals surface area contributed by atoms with E-state index in [2.05, 4.69) is 4.74 Å². The summed E-state index contributed by atoms with van der Waals surface area (Å²) in [7, 11) is 0.915. The number of nitro groups is 1. The van der Waals surface area contributed by atoms with Crippen molar-refractivity contribution in [3.8, 4) is 6.07 Å². The number of carbonyl (C=O) groups excluding carboxylic acids is 1. The standard InChI is InChI=1S/C10H5F3N2O4/c1-19-9(16)6-3-7(10(11,12)13)8(15(17)18)2-5(6)4-14/h2-3H,1H3. The highest BCUT2D eigenvalue weighted by Gasteiger charge is 2.40. The van der Waals surface area contributed by atoms with Gasteiger partial charge in [0.1, 0.15) is 11.6 Å². The molecule has 1 rings (SSSR count). The number of alkyl halides is 3. The molecule has 0 radical (unpaired) electrons. The second-order valence-electron chi connectivity index (χ2n) is 3.27. The first kappa shape index (κ1) is 14.4. The van der Waals surface area contributed by atoms with E-state index in [0.29, 0.717) is 6.07 Å². The smallest absolute Gasteiger partial charge is 0.423 e. The Bertz CT molecular complexity index is 590. The van der Waals surface area contributed by atoms with Crippen LogP contribution in [0.2, 0.25) is 0 Å². The van der Waals surface area contributed by atoms with Gasteiger partial charge in [0.25, 0.3) is 5.69 Å². The molecule has 100 valence electrons. The maximum absolute atomic E-state index is 12.7. The molecule has 0 N–H and O–H groups in total. The number of nitriles is 1. The topological polar surface area (TPSA) is 93.2 Å². The lowest BCUT2D eigenvalue weighted by Gasteiger charge is -2.10. The molecule has 0 saturated heterocycles. The molecule has 0 aliphatic heterocycles. The van der Waals surface area contributed by atoms with Crippen molar-refractivity contribution in [2.75, 3.05) is 7.11 Å². The van der Waals surface area contributed by atoms with Gasteiger partial charge in [0, 0.05) is 6.07 Å². The van der Waals surface area contributed by atoms with Crippen LogP contribution >= 0.6 is 0 Å². The van der Waals surface area contributed by atoms with Gasteiger partial charge in [-0.15, -0.1) is 0 Å². The molecule has 0 fully saturated rings. The van der Waals surface area contributed by atoms with Gasteiger partial charge in [-0.3, -0.25) is 10.1 Å². The Morgan fingerprint density at radius 3 is 2.42 bits per heavy atom. The van der Waals surface area contributed by atoms with Crippen LogP contribution in [0.3, 0.4) is 0 Å². The summed E-state index contributed by atoms with van der Waals surface area (Å²) in [5.41, 5.74) is -4.15. The summed E-state index contributed by atoms with van der Waals surface area (Å²) < 4.78 is 42.2. The summed E-state index contributed by atoms with van der Waals surface area (Å²) in [6, 6.07) is 2.05. The number of esters is 1. The van der Waals surface area contributed by atoms with Gasteiger partial charge in [-0.25, -0.2) is 4.79 Å². The number of hydrogen-bond acceptors (Lipinski definition) is 5. The first-order chi connectivity index (χ1) is 8.72. The average Bonchev–Trinajstić information content (AvgIpc) is 2.34. The number of nitro benzene ring substituents is 1. The van der Waals surface area contributed by atoms with Crippen LogP contribution in [0.4, 0.5) is 18.9 Å². The Morgan fingerprint density at radius 2 is 2.05 bits per heavy atom. The highest BCUT2D eigenvalue weighted by atomic mass is 19.4. The van der Waals surface area contributed by atoms with Crippen molar-refractivity contribution in [3.63, 3.8) is 0 Å². The number of rotatable bonds is 2. The summed E-state index contributed by atoms with van der Waals surface area (Å²) in [6.07, 6.45) is -5.03. The van der Waals surface area contributed by atoms with E-state index in [1.165, 1.54) is 6.07 Å². The largest absolute Gasteiger partial charge is 0.465 e. The molecule has 6 nitrogen and oxygen atoms in total. The molecule has 19 heavy (non-hydrogen) atoms. The first-order valence-electron chi connectivity index (χ1n) is 4.60. The number of hydrogen-bond donors (Lipinski definition) is 0. The van der Waals surface area contributed by atoms with Gasteiger partial charge in [0.05, 0.1) is 23.2 Å². The van der Waals surface area contributed by atoms with Crippen LogP contribution in [-0.4, -0.2) is 18.0 Å². The van der Waals surface area contributed by atoms with Crippen LogP contribution < -0.4 is 0 Å². The maximum Gasteiger partial charge on any atom is 0.423 e. The van der Waals surface area contributed by atoms with Crippen LogP contribution in [0.25, 0.3) is 0 Å². The Kier molecular flexibility index (Phi) is 3.75. The molecule has 0 spiro atoms. The van der Waals surface area contributed by atoms with Crippen LogP contribution in [-0.2, 0) is 10.9 Å². The predicted molar refractivity (Wildman–Crippen MR) is 54.2 cm³/mol. The van der Waals surface area contributed by atoms with E-state index in [4.69, 9.17) is 5.26 Å². The fourth-order valence-corrected chi connectivity index (χ4v) is 1.34. The number of halogens is 3. The van der Waals surface area contributed by atoms with Gasteiger partial charge >= 0.3 is 12.1 Å². The predicted octanol–water partition coefficient (Wildman–Crippen LogP) is 2.27. The second-order valence-corrected chi connectivity index (χ2v) is 3.27. The minimum atomic E-state index is -5.03.